The van der Waals surface area contributed by atoms with Crippen molar-refractivity contribution < 1.29 is 4.74 Å². The SMILES string of the molecule is CCCCCCCOc1ccc(Nc2nc(Nc3ccccc3)c3[nH]cnc3n2)cc1. The fourth-order valence-corrected chi connectivity index (χ4v) is 3.30. The van der Waals surface area contributed by atoms with Gasteiger partial charge in [-0.1, -0.05) is 50.8 Å². The van der Waals surface area contributed by atoms with Crippen LogP contribution in [0.25, 0.3) is 11.2 Å². The summed E-state index contributed by atoms with van der Waals surface area (Å²) in [5.41, 5.74) is 3.19. The van der Waals surface area contributed by atoms with E-state index in [1.54, 1.807) is 6.33 Å². The van der Waals surface area contributed by atoms with Gasteiger partial charge in [0.1, 0.15) is 11.3 Å². The summed E-state index contributed by atoms with van der Waals surface area (Å²) >= 11 is 0. The van der Waals surface area contributed by atoms with Gasteiger partial charge in [0.25, 0.3) is 0 Å². The highest BCUT2D eigenvalue weighted by Crippen LogP contribution is 2.25. The van der Waals surface area contributed by atoms with E-state index in [0.717, 1.165) is 35.7 Å². The molecule has 0 saturated carbocycles. The Labute approximate surface area is 182 Å². The number of nitrogens with one attached hydrogen (secondary N) is 3. The number of unbranched alkanes of at least 4 members (excludes halogenated alkanes) is 4. The van der Waals surface area contributed by atoms with Crippen molar-refractivity contribution in [1.29, 1.82) is 0 Å². The summed E-state index contributed by atoms with van der Waals surface area (Å²) in [7, 11) is 0. The number of anilines is 4. The van der Waals surface area contributed by atoms with Crippen LogP contribution in [-0.2, 0) is 0 Å². The van der Waals surface area contributed by atoms with Gasteiger partial charge in [-0.3, -0.25) is 0 Å². The van der Waals surface area contributed by atoms with Crippen LogP contribution in [0.2, 0.25) is 0 Å². The molecular formula is C24H28N6O. The molecule has 0 fully saturated rings. The van der Waals surface area contributed by atoms with Crippen molar-refractivity contribution in [3.05, 3.63) is 60.9 Å². The number of nitrogens with zero attached hydrogens (tertiary/aromatic N) is 3. The normalized spacial score (nSPS) is 10.9. The van der Waals surface area contributed by atoms with Crippen molar-refractivity contribution in [3.63, 3.8) is 0 Å². The molecule has 7 nitrogen and oxygen atoms in total. The third-order valence-corrected chi connectivity index (χ3v) is 4.95. The van der Waals surface area contributed by atoms with E-state index >= 15 is 0 Å². The fourth-order valence-electron chi connectivity index (χ4n) is 3.30. The number of ether oxygens (including phenoxy) is 1. The first-order valence-electron chi connectivity index (χ1n) is 10.8. The van der Waals surface area contributed by atoms with E-state index < -0.39 is 0 Å². The average molecular weight is 417 g/mol. The molecule has 160 valence electrons. The molecule has 4 aromatic rings. The number of rotatable bonds is 11. The van der Waals surface area contributed by atoms with Crippen LogP contribution in [0, 0.1) is 0 Å². The molecule has 0 aliphatic rings. The van der Waals surface area contributed by atoms with Gasteiger partial charge in [0.05, 0.1) is 12.9 Å². The number of imidazole rings is 1. The zero-order chi connectivity index (χ0) is 21.3. The fraction of sp³-hybridized carbons (Fsp3) is 0.292. The zero-order valence-electron chi connectivity index (χ0n) is 17.8. The molecular weight excluding hydrogens is 388 g/mol. The number of benzene rings is 2. The minimum Gasteiger partial charge on any atom is -0.494 e. The molecule has 31 heavy (non-hydrogen) atoms. The van der Waals surface area contributed by atoms with Gasteiger partial charge in [0, 0.05) is 11.4 Å². The predicted molar refractivity (Wildman–Crippen MR) is 125 cm³/mol. The maximum Gasteiger partial charge on any atom is 0.231 e. The van der Waals surface area contributed by atoms with Crippen molar-refractivity contribution in [2.75, 3.05) is 17.2 Å². The number of para-hydroxylation sites is 1. The molecule has 3 N–H and O–H groups in total. The van der Waals surface area contributed by atoms with Crippen LogP contribution in [0.1, 0.15) is 39.0 Å². The van der Waals surface area contributed by atoms with Gasteiger partial charge in [-0.25, -0.2) is 4.98 Å². The van der Waals surface area contributed by atoms with Gasteiger partial charge in [0.2, 0.25) is 5.95 Å². The number of hydrogen-bond donors (Lipinski definition) is 3. The van der Waals surface area contributed by atoms with E-state index in [0.29, 0.717) is 17.4 Å². The van der Waals surface area contributed by atoms with E-state index in [1.807, 2.05) is 54.6 Å². The van der Waals surface area contributed by atoms with Gasteiger partial charge < -0.3 is 20.4 Å². The Morgan fingerprint density at radius 1 is 0.839 bits per heavy atom. The number of fused-ring (bicyclic) bond motifs is 1. The lowest BCUT2D eigenvalue weighted by Gasteiger charge is -2.10. The Morgan fingerprint density at radius 2 is 1.61 bits per heavy atom. The highest BCUT2D eigenvalue weighted by Gasteiger charge is 2.11. The van der Waals surface area contributed by atoms with Crippen molar-refractivity contribution >= 4 is 34.3 Å². The lowest BCUT2D eigenvalue weighted by molar-refractivity contribution is 0.304. The minimum absolute atomic E-state index is 0.475. The van der Waals surface area contributed by atoms with Gasteiger partial charge in [-0.15, -0.1) is 0 Å². The summed E-state index contributed by atoms with van der Waals surface area (Å²) in [6.07, 6.45) is 7.78. The van der Waals surface area contributed by atoms with E-state index in [1.165, 1.54) is 25.7 Å². The van der Waals surface area contributed by atoms with Gasteiger partial charge in [-0.2, -0.15) is 9.97 Å². The summed E-state index contributed by atoms with van der Waals surface area (Å²) in [4.78, 5) is 16.5. The third-order valence-electron chi connectivity index (χ3n) is 4.95. The second-order valence-electron chi connectivity index (χ2n) is 7.40. The first-order chi connectivity index (χ1) is 15.3. The largest absolute Gasteiger partial charge is 0.494 e. The van der Waals surface area contributed by atoms with E-state index in [-0.39, 0.29) is 0 Å². The maximum absolute atomic E-state index is 5.84. The first kappa shape index (κ1) is 20.7. The topological polar surface area (TPSA) is 87.8 Å². The van der Waals surface area contributed by atoms with Gasteiger partial charge >= 0.3 is 0 Å². The van der Waals surface area contributed by atoms with Crippen molar-refractivity contribution in [2.24, 2.45) is 0 Å². The number of aromatic nitrogens is 4. The summed E-state index contributed by atoms with van der Waals surface area (Å²) in [6.45, 7) is 2.98. The highest BCUT2D eigenvalue weighted by atomic mass is 16.5. The Kier molecular flexibility index (Phi) is 6.95. The highest BCUT2D eigenvalue weighted by molar-refractivity contribution is 5.86. The lowest BCUT2D eigenvalue weighted by Crippen LogP contribution is -2.02. The maximum atomic E-state index is 5.84. The molecule has 0 amide bonds. The molecule has 0 unspecified atom stereocenters. The summed E-state index contributed by atoms with van der Waals surface area (Å²) in [5.74, 6) is 2.01. The Hall–Kier alpha value is -3.61. The molecule has 4 rings (SSSR count). The minimum atomic E-state index is 0.475. The molecule has 2 heterocycles. The van der Waals surface area contributed by atoms with E-state index in [9.17, 15) is 0 Å². The second-order valence-corrected chi connectivity index (χ2v) is 7.40. The second kappa shape index (κ2) is 10.4. The van der Waals surface area contributed by atoms with Crippen molar-refractivity contribution in [3.8, 4) is 5.75 Å². The lowest BCUT2D eigenvalue weighted by atomic mass is 10.2. The van der Waals surface area contributed by atoms with Crippen LogP contribution in [0.3, 0.4) is 0 Å². The van der Waals surface area contributed by atoms with Crippen molar-refractivity contribution in [1.82, 2.24) is 19.9 Å². The van der Waals surface area contributed by atoms with Crippen LogP contribution in [0.4, 0.5) is 23.1 Å². The summed E-state index contributed by atoms with van der Waals surface area (Å²) in [6, 6.07) is 17.8. The van der Waals surface area contributed by atoms with Gasteiger partial charge in [-0.05, 0) is 42.8 Å². The van der Waals surface area contributed by atoms with Crippen molar-refractivity contribution in [2.45, 2.75) is 39.0 Å². The van der Waals surface area contributed by atoms with E-state index in [4.69, 9.17) is 4.74 Å². The molecule has 0 aliphatic carbocycles. The molecule has 0 bridgehead atoms. The molecule has 0 atom stereocenters. The monoisotopic (exact) mass is 416 g/mol. The molecule has 0 saturated heterocycles. The van der Waals surface area contributed by atoms with Crippen LogP contribution in [0.5, 0.6) is 5.75 Å². The smallest absolute Gasteiger partial charge is 0.231 e. The van der Waals surface area contributed by atoms with Crippen LogP contribution in [0.15, 0.2) is 60.9 Å². The molecule has 0 spiro atoms. The van der Waals surface area contributed by atoms with Crippen LogP contribution >= 0.6 is 0 Å². The number of aromatic amines is 1. The van der Waals surface area contributed by atoms with Crippen LogP contribution in [-0.4, -0.2) is 26.5 Å². The number of hydrogen-bond acceptors (Lipinski definition) is 6. The quantitative estimate of drug-likeness (QED) is 0.253. The molecule has 2 aromatic carbocycles. The Bertz CT molecular complexity index is 1080. The molecule has 0 aliphatic heterocycles. The Morgan fingerprint density at radius 3 is 2.42 bits per heavy atom. The first-order valence-corrected chi connectivity index (χ1v) is 10.8. The zero-order valence-corrected chi connectivity index (χ0v) is 17.8. The summed E-state index contributed by atoms with van der Waals surface area (Å²) in [5, 5.41) is 6.59. The molecule has 7 heteroatoms. The molecule has 0 radical (unpaired) electrons. The van der Waals surface area contributed by atoms with Crippen LogP contribution < -0.4 is 15.4 Å². The van der Waals surface area contributed by atoms with E-state index in [2.05, 4.69) is 37.5 Å². The van der Waals surface area contributed by atoms with Gasteiger partial charge in [0.15, 0.2) is 11.5 Å². The number of H-pyrrole nitrogens is 1. The third kappa shape index (κ3) is 5.72. The summed E-state index contributed by atoms with van der Waals surface area (Å²) < 4.78 is 5.84. The standard InChI is InChI=1S/C24H28N6O/c1-2-3-4-5-9-16-31-20-14-12-19(13-15-20)28-24-29-22-21(25-17-26-22)23(30-24)27-18-10-7-6-8-11-18/h6-8,10-15,17H,2-5,9,16H2,1H3,(H3,25,26,27,28,29,30). The average Bonchev–Trinajstić information content (AvgIpc) is 3.27. The Balaban J connectivity index is 1.40. The molecule has 2 aromatic heterocycles. The predicted octanol–water partition coefficient (Wildman–Crippen LogP) is 6.19.